The van der Waals surface area contributed by atoms with Gasteiger partial charge in [0.15, 0.2) is 0 Å². The maximum atomic E-state index is 4.75. The molecule has 102 valence electrons. The number of rotatable bonds is 7. The van der Waals surface area contributed by atoms with Crippen LogP contribution in [0.4, 0.5) is 0 Å². The molecular formula is C14H24BrN3. The molecule has 1 saturated carbocycles. The van der Waals surface area contributed by atoms with Crippen LogP contribution >= 0.6 is 15.9 Å². The normalized spacial score (nSPS) is 16.8. The van der Waals surface area contributed by atoms with Gasteiger partial charge in [0.2, 0.25) is 0 Å². The van der Waals surface area contributed by atoms with Gasteiger partial charge in [-0.05, 0) is 38.4 Å². The van der Waals surface area contributed by atoms with Crippen LogP contribution in [0.15, 0.2) is 12.3 Å². The van der Waals surface area contributed by atoms with E-state index in [1.165, 1.54) is 37.8 Å². The van der Waals surface area contributed by atoms with Crippen LogP contribution in [0.1, 0.15) is 50.8 Å². The predicted octanol–water partition coefficient (Wildman–Crippen LogP) is 3.61. The zero-order valence-corrected chi connectivity index (χ0v) is 12.9. The first kappa shape index (κ1) is 14.1. The van der Waals surface area contributed by atoms with Gasteiger partial charge in [-0.15, -0.1) is 0 Å². The highest BCUT2D eigenvalue weighted by molar-refractivity contribution is 9.09. The number of alkyl halides is 1. The maximum Gasteiger partial charge on any atom is 0.0764 e. The van der Waals surface area contributed by atoms with Crippen molar-refractivity contribution in [2.24, 2.45) is 0 Å². The van der Waals surface area contributed by atoms with E-state index in [0.717, 1.165) is 25.0 Å². The summed E-state index contributed by atoms with van der Waals surface area (Å²) in [5.41, 5.74) is 1.22. The van der Waals surface area contributed by atoms with Crippen LogP contribution in [-0.2, 0) is 6.54 Å². The van der Waals surface area contributed by atoms with Gasteiger partial charge >= 0.3 is 0 Å². The Morgan fingerprint density at radius 3 is 2.89 bits per heavy atom. The fourth-order valence-electron chi connectivity index (χ4n) is 2.70. The lowest BCUT2D eigenvalue weighted by Gasteiger charge is -2.18. The van der Waals surface area contributed by atoms with E-state index < -0.39 is 0 Å². The molecule has 1 aliphatic rings. The molecule has 1 aliphatic carbocycles. The Morgan fingerprint density at radius 1 is 1.44 bits per heavy atom. The maximum absolute atomic E-state index is 4.75. The van der Waals surface area contributed by atoms with Gasteiger partial charge in [0.05, 0.1) is 11.7 Å². The van der Waals surface area contributed by atoms with Crippen LogP contribution in [0.5, 0.6) is 0 Å². The van der Waals surface area contributed by atoms with Gasteiger partial charge < -0.3 is 0 Å². The third kappa shape index (κ3) is 3.82. The van der Waals surface area contributed by atoms with E-state index in [4.69, 9.17) is 5.10 Å². The van der Waals surface area contributed by atoms with Crippen LogP contribution < -0.4 is 0 Å². The summed E-state index contributed by atoms with van der Waals surface area (Å²) in [6.07, 6.45) is 8.73. The predicted molar refractivity (Wildman–Crippen MR) is 79.1 cm³/mol. The molecule has 2 rings (SSSR count). The molecule has 3 nitrogen and oxygen atoms in total. The average molecular weight is 314 g/mol. The second-order valence-corrected chi connectivity index (χ2v) is 5.93. The van der Waals surface area contributed by atoms with Crippen molar-refractivity contribution < 1.29 is 0 Å². The first-order valence-electron chi connectivity index (χ1n) is 7.16. The average Bonchev–Trinajstić information content (AvgIpc) is 3.04. The standard InChI is InChI=1S/C14H24BrN3/c1-2-17(10-5-9-15)12-13-8-11-18(16-13)14-6-3-4-7-14/h8,11,14H,2-7,9-10,12H2,1H3. The Hall–Kier alpha value is -0.350. The summed E-state index contributed by atoms with van der Waals surface area (Å²) in [7, 11) is 0. The van der Waals surface area contributed by atoms with Crippen LogP contribution in [0.2, 0.25) is 0 Å². The molecule has 18 heavy (non-hydrogen) atoms. The van der Waals surface area contributed by atoms with E-state index in [2.05, 4.69) is 44.7 Å². The van der Waals surface area contributed by atoms with Gasteiger partial charge in [-0.3, -0.25) is 9.58 Å². The van der Waals surface area contributed by atoms with Gasteiger partial charge in [0.25, 0.3) is 0 Å². The van der Waals surface area contributed by atoms with E-state index in [1.54, 1.807) is 0 Å². The molecule has 1 fully saturated rings. The lowest BCUT2D eigenvalue weighted by molar-refractivity contribution is 0.276. The second-order valence-electron chi connectivity index (χ2n) is 5.14. The van der Waals surface area contributed by atoms with Gasteiger partial charge in [0, 0.05) is 18.1 Å². The third-order valence-electron chi connectivity index (χ3n) is 3.80. The smallest absolute Gasteiger partial charge is 0.0764 e. The molecule has 0 amide bonds. The van der Waals surface area contributed by atoms with Gasteiger partial charge in [0.1, 0.15) is 0 Å². The Labute approximate surface area is 119 Å². The van der Waals surface area contributed by atoms with E-state index in [9.17, 15) is 0 Å². The molecule has 0 atom stereocenters. The monoisotopic (exact) mass is 313 g/mol. The number of hydrogen-bond donors (Lipinski definition) is 0. The largest absolute Gasteiger partial charge is 0.298 e. The summed E-state index contributed by atoms with van der Waals surface area (Å²) in [6.45, 7) is 5.47. The molecule has 0 spiro atoms. The number of nitrogens with zero attached hydrogens (tertiary/aromatic N) is 3. The molecule has 1 aromatic rings. The van der Waals surface area contributed by atoms with Crippen molar-refractivity contribution >= 4 is 15.9 Å². The lowest BCUT2D eigenvalue weighted by Crippen LogP contribution is -2.24. The van der Waals surface area contributed by atoms with E-state index >= 15 is 0 Å². The van der Waals surface area contributed by atoms with Gasteiger partial charge in [-0.1, -0.05) is 35.7 Å². The zero-order valence-electron chi connectivity index (χ0n) is 11.3. The summed E-state index contributed by atoms with van der Waals surface area (Å²) in [4.78, 5) is 2.46. The van der Waals surface area contributed by atoms with Crippen LogP contribution in [0.3, 0.4) is 0 Å². The Kier molecular flexibility index (Phi) is 5.70. The summed E-state index contributed by atoms with van der Waals surface area (Å²) in [5.74, 6) is 0. The molecular weight excluding hydrogens is 290 g/mol. The number of hydrogen-bond acceptors (Lipinski definition) is 2. The quantitative estimate of drug-likeness (QED) is 0.717. The minimum absolute atomic E-state index is 0.663. The van der Waals surface area contributed by atoms with Crippen molar-refractivity contribution in [2.45, 2.75) is 51.6 Å². The SMILES string of the molecule is CCN(CCCBr)Cc1ccn(C2CCCC2)n1. The summed E-state index contributed by atoms with van der Waals surface area (Å²) >= 11 is 3.49. The van der Waals surface area contributed by atoms with Gasteiger partial charge in [-0.2, -0.15) is 5.10 Å². The number of halogens is 1. The fourth-order valence-corrected chi connectivity index (χ4v) is 2.95. The topological polar surface area (TPSA) is 21.1 Å². The van der Waals surface area contributed by atoms with Crippen molar-refractivity contribution in [1.29, 1.82) is 0 Å². The van der Waals surface area contributed by atoms with Crippen molar-refractivity contribution in [1.82, 2.24) is 14.7 Å². The molecule has 0 aliphatic heterocycles. The highest BCUT2D eigenvalue weighted by atomic mass is 79.9. The first-order chi connectivity index (χ1) is 8.83. The Morgan fingerprint density at radius 2 is 2.22 bits per heavy atom. The summed E-state index contributed by atoms with van der Waals surface area (Å²) in [5, 5.41) is 5.83. The zero-order chi connectivity index (χ0) is 12.8. The van der Waals surface area contributed by atoms with Crippen LogP contribution in [0.25, 0.3) is 0 Å². The minimum Gasteiger partial charge on any atom is -0.298 e. The highest BCUT2D eigenvalue weighted by Crippen LogP contribution is 2.28. The first-order valence-corrected chi connectivity index (χ1v) is 8.28. The molecule has 1 aromatic heterocycles. The van der Waals surface area contributed by atoms with Crippen LogP contribution in [-0.4, -0.2) is 33.1 Å². The summed E-state index contributed by atoms with van der Waals surface area (Å²) < 4.78 is 2.20. The highest BCUT2D eigenvalue weighted by Gasteiger charge is 2.17. The van der Waals surface area contributed by atoms with Gasteiger partial charge in [-0.25, -0.2) is 0 Å². The van der Waals surface area contributed by atoms with Crippen molar-refractivity contribution in [2.75, 3.05) is 18.4 Å². The lowest BCUT2D eigenvalue weighted by atomic mass is 10.3. The van der Waals surface area contributed by atoms with Crippen molar-refractivity contribution in [3.63, 3.8) is 0 Å². The summed E-state index contributed by atoms with van der Waals surface area (Å²) in [6, 6.07) is 2.85. The van der Waals surface area contributed by atoms with E-state index in [1.807, 2.05) is 0 Å². The molecule has 0 N–H and O–H groups in total. The fraction of sp³-hybridized carbons (Fsp3) is 0.786. The van der Waals surface area contributed by atoms with Crippen molar-refractivity contribution in [3.05, 3.63) is 18.0 Å². The number of aromatic nitrogens is 2. The van der Waals surface area contributed by atoms with Crippen molar-refractivity contribution in [3.8, 4) is 0 Å². The molecule has 0 saturated heterocycles. The van der Waals surface area contributed by atoms with Crippen LogP contribution in [0, 0.1) is 0 Å². The Balaban J connectivity index is 1.88. The van der Waals surface area contributed by atoms with E-state index in [0.29, 0.717) is 6.04 Å². The molecule has 0 unspecified atom stereocenters. The molecule has 0 aromatic carbocycles. The van der Waals surface area contributed by atoms with E-state index in [-0.39, 0.29) is 0 Å². The third-order valence-corrected chi connectivity index (χ3v) is 4.36. The Bertz CT molecular complexity index is 345. The molecule has 0 bridgehead atoms. The second kappa shape index (κ2) is 7.29. The minimum atomic E-state index is 0.663. The molecule has 1 heterocycles. The molecule has 0 radical (unpaired) electrons. The molecule has 4 heteroatoms.